The van der Waals surface area contributed by atoms with Crippen molar-refractivity contribution in [3.63, 3.8) is 0 Å². The second kappa shape index (κ2) is 7.97. The molecule has 1 atom stereocenters. The number of carbonyl (C=O) groups excluding carboxylic acids is 1. The molecule has 0 fully saturated rings. The van der Waals surface area contributed by atoms with Crippen molar-refractivity contribution in [3.05, 3.63) is 6.33 Å². The number of nitrogens with one attached hydrogen (secondary N) is 1. The average molecular weight is 263 g/mol. The summed E-state index contributed by atoms with van der Waals surface area (Å²) in [4.78, 5) is 11.6. The quantitative estimate of drug-likeness (QED) is 0.726. The number of tetrazole rings is 1. The lowest BCUT2D eigenvalue weighted by Gasteiger charge is -2.18. The van der Waals surface area contributed by atoms with Crippen LogP contribution >= 0.6 is 12.4 Å². The molecule has 0 saturated carbocycles. The highest BCUT2D eigenvalue weighted by atomic mass is 35.5. The van der Waals surface area contributed by atoms with Gasteiger partial charge in [-0.2, -0.15) is 0 Å². The van der Waals surface area contributed by atoms with Gasteiger partial charge in [0.2, 0.25) is 5.91 Å². The third kappa shape index (κ3) is 6.18. The first kappa shape index (κ1) is 15.8. The normalized spacial score (nSPS) is 12.0. The molecule has 1 aromatic rings. The maximum absolute atomic E-state index is 11.6. The second-order valence-corrected chi connectivity index (χ2v) is 4.14. The maximum atomic E-state index is 11.6. The zero-order valence-electron chi connectivity index (χ0n) is 10.0. The van der Waals surface area contributed by atoms with Gasteiger partial charge in [0.15, 0.2) is 0 Å². The second-order valence-electron chi connectivity index (χ2n) is 4.14. The van der Waals surface area contributed by atoms with Crippen molar-refractivity contribution in [3.8, 4) is 0 Å². The Hall–Kier alpha value is -1.21. The molecule has 8 heteroatoms. The predicted octanol–water partition coefficient (Wildman–Crippen LogP) is -0.415. The highest BCUT2D eigenvalue weighted by Gasteiger charge is 2.12. The smallest absolute Gasteiger partial charge is 0.242 e. The summed E-state index contributed by atoms with van der Waals surface area (Å²) in [5.41, 5.74) is 5.58. The first-order valence-corrected chi connectivity index (χ1v) is 5.32. The van der Waals surface area contributed by atoms with E-state index in [2.05, 4.69) is 34.7 Å². The van der Waals surface area contributed by atoms with E-state index in [9.17, 15) is 4.79 Å². The topological polar surface area (TPSA) is 98.7 Å². The molecule has 7 nitrogen and oxygen atoms in total. The highest BCUT2D eigenvalue weighted by Crippen LogP contribution is 2.03. The predicted molar refractivity (Wildman–Crippen MR) is 65.5 cm³/mol. The first-order valence-electron chi connectivity index (χ1n) is 5.32. The Morgan fingerprint density at radius 1 is 1.53 bits per heavy atom. The van der Waals surface area contributed by atoms with Gasteiger partial charge in [-0.05, 0) is 22.8 Å². The Kier molecular flexibility index (Phi) is 7.40. The summed E-state index contributed by atoms with van der Waals surface area (Å²) < 4.78 is 1.37. The van der Waals surface area contributed by atoms with E-state index in [-0.39, 0.29) is 30.9 Å². The van der Waals surface area contributed by atoms with E-state index in [1.165, 1.54) is 11.0 Å². The van der Waals surface area contributed by atoms with Crippen LogP contribution in [-0.2, 0) is 11.3 Å². The zero-order chi connectivity index (χ0) is 12.0. The number of rotatable bonds is 6. The zero-order valence-corrected chi connectivity index (χ0v) is 10.9. The van der Waals surface area contributed by atoms with Gasteiger partial charge in [-0.1, -0.05) is 13.8 Å². The lowest BCUT2D eigenvalue weighted by Crippen LogP contribution is -2.42. The fraction of sp³-hybridized carbons (Fsp3) is 0.778. The number of aromatic nitrogens is 4. The van der Waals surface area contributed by atoms with E-state index in [0.29, 0.717) is 12.5 Å². The highest BCUT2D eigenvalue weighted by molar-refractivity contribution is 5.85. The van der Waals surface area contributed by atoms with Crippen molar-refractivity contribution in [2.45, 2.75) is 32.9 Å². The van der Waals surface area contributed by atoms with Crippen molar-refractivity contribution in [1.82, 2.24) is 25.5 Å². The molecule has 0 aliphatic heterocycles. The minimum absolute atomic E-state index is 0. The van der Waals surface area contributed by atoms with Gasteiger partial charge >= 0.3 is 0 Å². The minimum atomic E-state index is -0.122. The van der Waals surface area contributed by atoms with Crippen LogP contribution < -0.4 is 11.1 Å². The molecule has 0 bridgehead atoms. The molecule has 1 amide bonds. The molecule has 0 radical (unpaired) electrons. The summed E-state index contributed by atoms with van der Waals surface area (Å²) in [6.45, 7) is 4.76. The molecule has 0 saturated heterocycles. The first-order chi connectivity index (χ1) is 7.61. The van der Waals surface area contributed by atoms with Crippen molar-refractivity contribution >= 4 is 18.3 Å². The molecule has 17 heavy (non-hydrogen) atoms. The summed E-state index contributed by atoms with van der Waals surface area (Å²) in [6.07, 6.45) is 2.28. The molecule has 3 N–H and O–H groups in total. The molecule has 1 unspecified atom stereocenters. The minimum Gasteiger partial charge on any atom is -0.350 e. The van der Waals surface area contributed by atoms with Gasteiger partial charge in [-0.15, -0.1) is 17.5 Å². The maximum Gasteiger partial charge on any atom is 0.242 e. The summed E-state index contributed by atoms with van der Waals surface area (Å²) in [7, 11) is 0. The standard InChI is InChI=1S/C9H18N6O.ClH/c1-7(2)3-8(4-10)12-9(16)5-15-6-11-13-14-15;/h6-8H,3-5,10H2,1-2H3,(H,12,16);1H. The van der Waals surface area contributed by atoms with Gasteiger partial charge < -0.3 is 11.1 Å². The van der Waals surface area contributed by atoms with Crippen molar-refractivity contribution in [1.29, 1.82) is 0 Å². The van der Waals surface area contributed by atoms with Crippen molar-refractivity contribution in [2.75, 3.05) is 6.54 Å². The van der Waals surface area contributed by atoms with Crippen LogP contribution in [0.15, 0.2) is 6.33 Å². The number of hydrogen-bond acceptors (Lipinski definition) is 5. The van der Waals surface area contributed by atoms with E-state index in [0.717, 1.165) is 6.42 Å². The Morgan fingerprint density at radius 3 is 2.71 bits per heavy atom. The molecule has 0 aliphatic rings. The van der Waals surface area contributed by atoms with Gasteiger partial charge in [0, 0.05) is 12.6 Å². The number of halogens is 1. The molecule has 0 aliphatic carbocycles. The van der Waals surface area contributed by atoms with E-state index >= 15 is 0 Å². The van der Waals surface area contributed by atoms with Crippen LogP contribution in [0.5, 0.6) is 0 Å². The monoisotopic (exact) mass is 262 g/mol. The molecule has 98 valence electrons. The molecule has 1 rings (SSSR count). The lowest BCUT2D eigenvalue weighted by atomic mass is 10.0. The lowest BCUT2D eigenvalue weighted by molar-refractivity contribution is -0.122. The van der Waals surface area contributed by atoms with Gasteiger partial charge in [-0.25, -0.2) is 4.68 Å². The molecule has 1 aromatic heterocycles. The van der Waals surface area contributed by atoms with E-state index < -0.39 is 0 Å². The van der Waals surface area contributed by atoms with Gasteiger partial charge in [0.25, 0.3) is 0 Å². The number of hydrogen-bond donors (Lipinski definition) is 2. The van der Waals surface area contributed by atoms with Gasteiger partial charge in [0.1, 0.15) is 12.9 Å². The molecule has 0 aromatic carbocycles. The van der Waals surface area contributed by atoms with Crippen LogP contribution in [-0.4, -0.2) is 38.7 Å². The summed E-state index contributed by atoms with van der Waals surface area (Å²) in [6, 6.07) is 0.0176. The number of nitrogens with zero attached hydrogens (tertiary/aromatic N) is 4. The number of nitrogens with two attached hydrogens (primary N) is 1. The van der Waals surface area contributed by atoms with Crippen LogP contribution in [0, 0.1) is 5.92 Å². The fourth-order valence-corrected chi connectivity index (χ4v) is 1.46. The van der Waals surface area contributed by atoms with E-state index in [4.69, 9.17) is 5.73 Å². The van der Waals surface area contributed by atoms with Crippen LogP contribution in [0.4, 0.5) is 0 Å². The number of carbonyl (C=O) groups is 1. The fourth-order valence-electron chi connectivity index (χ4n) is 1.46. The van der Waals surface area contributed by atoms with Crippen molar-refractivity contribution < 1.29 is 4.79 Å². The average Bonchev–Trinajstić information content (AvgIpc) is 2.68. The molecule has 1 heterocycles. The Morgan fingerprint density at radius 2 is 2.24 bits per heavy atom. The van der Waals surface area contributed by atoms with Crippen LogP contribution in [0.3, 0.4) is 0 Å². The van der Waals surface area contributed by atoms with Crippen molar-refractivity contribution in [2.24, 2.45) is 11.7 Å². The van der Waals surface area contributed by atoms with Gasteiger partial charge in [0.05, 0.1) is 0 Å². The Balaban J connectivity index is 0.00000256. The van der Waals surface area contributed by atoms with Crippen LogP contribution in [0.1, 0.15) is 20.3 Å². The summed E-state index contributed by atoms with van der Waals surface area (Å²) in [5, 5.41) is 13.4. The van der Waals surface area contributed by atoms with Crippen LogP contribution in [0.25, 0.3) is 0 Å². The number of amides is 1. The third-order valence-electron chi connectivity index (χ3n) is 2.10. The molecular formula is C9H19ClN6O. The Labute approximate surface area is 107 Å². The largest absolute Gasteiger partial charge is 0.350 e. The van der Waals surface area contributed by atoms with Gasteiger partial charge in [-0.3, -0.25) is 4.79 Å². The summed E-state index contributed by atoms with van der Waals surface area (Å²) >= 11 is 0. The van der Waals surface area contributed by atoms with E-state index in [1.54, 1.807) is 0 Å². The molecule has 0 spiro atoms. The molecular weight excluding hydrogens is 244 g/mol. The van der Waals surface area contributed by atoms with E-state index in [1.807, 2.05) is 0 Å². The third-order valence-corrected chi connectivity index (χ3v) is 2.10. The Bertz CT molecular complexity index is 315. The summed E-state index contributed by atoms with van der Waals surface area (Å²) in [5.74, 6) is 0.380. The van der Waals surface area contributed by atoms with Crippen LogP contribution in [0.2, 0.25) is 0 Å². The SMILES string of the molecule is CC(C)CC(CN)NC(=O)Cn1cnnn1.Cl.